The summed E-state index contributed by atoms with van der Waals surface area (Å²) in [6, 6.07) is 9.41. The second-order valence-electron chi connectivity index (χ2n) is 9.88. The van der Waals surface area contributed by atoms with Crippen LogP contribution >= 0.6 is 0 Å². The Morgan fingerprint density at radius 1 is 1.13 bits per heavy atom. The Hall–Kier alpha value is -3.81. The van der Waals surface area contributed by atoms with Crippen LogP contribution in [0.15, 0.2) is 47.4 Å². The van der Waals surface area contributed by atoms with Gasteiger partial charge in [-0.3, -0.25) is 4.79 Å². The molecule has 4 rings (SSSR count). The Kier molecular flexibility index (Phi) is 7.77. The van der Waals surface area contributed by atoms with Gasteiger partial charge in [-0.1, -0.05) is 12.1 Å². The Bertz CT molecular complexity index is 1520. The van der Waals surface area contributed by atoms with Gasteiger partial charge in [0.1, 0.15) is 16.5 Å². The number of morpholine rings is 1. The van der Waals surface area contributed by atoms with E-state index in [1.54, 1.807) is 20.8 Å². The number of hydrogen-bond donors (Lipinski definition) is 2. The Morgan fingerprint density at radius 2 is 1.79 bits per heavy atom. The molecule has 0 bridgehead atoms. The summed E-state index contributed by atoms with van der Waals surface area (Å²) in [5.41, 5.74) is -0.837. The van der Waals surface area contributed by atoms with E-state index in [4.69, 9.17) is 9.47 Å². The summed E-state index contributed by atoms with van der Waals surface area (Å²) < 4.78 is 55.6. The van der Waals surface area contributed by atoms with Gasteiger partial charge in [0.05, 0.1) is 24.3 Å². The topological polar surface area (TPSA) is 140 Å². The van der Waals surface area contributed by atoms with Crippen molar-refractivity contribution in [3.8, 4) is 11.6 Å². The standard InChI is InChI=1S/C26H29FN4O7S/c1-16-22(25(33)34)29-31(26(2,3)4)24(16)38-20-10-9-17(28-23(32)18-7-5-6-8-19(18)27)15-21(20)39(35,36)30-11-13-37-14-12-30/h5-10,15H,11-14H2,1-4H3,(H,28,32)(H,33,34). The fourth-order valence-corrected chi connectivity index (χ4v) is 5.55. The minimum atomic E-state index is -4.16. The van der Waals surface area contributed by atoms with Gasteiger partial charge in [-0.15, -0.1) is 0 Å². The van der Waals surface area contributed by atoms with E-state index >= 15 is 0 Å². The van der Waals surface area contributed by atoms with Crippen LogP contribution in [0.4, 0.5) is 10.1 Å². The van der Waals surface area contributed by atoms with Crippen molar-refractivity contribution in [1.82, 2.24) is 14.1 Å². The van der Waals surface area contributed by atoms with E-state index < -0.39 is 33.3 Å². The summed E-state index contributed by atoms with van der Waals surface area (Å²) >= 11 is 0. The molecule has 2 N–H and O–H groups in total. The number of ether oxygens (including phenoxy) is 2. The minimum absolute atomic E-state index is 0.0569. The number of amides is 1. The van der Waals surface area contributed by atoms with Crippen LogP contribution < -0.4 is 10.1 Å². The number of halogens is 1. The van der Waals surface area contributed by atoms with E-state index in [-0.39, 0.29) is 65.3 Å². The highest BCUT2D eigenvalue weighted by Gasteiger charge is 2.33. The maximum Gasteiger partial charge on any atom is 0.356 e. The molecule has 1 fully saturated rings. The van der Waals surface area contributed by atoms with Gasteiger partial charge in [0, 0.05) is 24.3 Å². The minimum Gasteiger partial charge on any atom is -0.476 e. The zero-order chi connectivity index (χ0) is 28.5. The molecule has 0 unspecified atom stereocenters. The lowest BCUT2D eigenvalue weighted by molar-refractivity contribution is 0.0687. The zero-order valence-corrected chi connectivity index (χ0v) is 22.7. The third-order valence-corrected chi connectivity index (χ3v) is 7.94. The molecule has 0 atom stereocenters. The first-order valence-corrected chi connectivity index (χ1v) is 13.5. The number of aromatic carboxylic acids is 1. The predicted molar refractivity (Wildman–Crippen MR) is 139 cm³/mol. The predicted octanol–water partition coefficient (Wildman–Crippen LogP) is 3.85. The molecule has 1 aliphatic heterocycles. The van der Waals surface area contributed by atoms with Gasteiger partial charge in [-0.05, 0) is 58.0 Å². The number of sulfonamides is 1. The van der Waals surface area contributed by atoms with Gasteiger partial charge in [0.25, 0.3) is 5.91 Å². The van der Waals surface area contributed by atoms with Crippen LogP contribution in [-0.4, -0.2) is 65.8 Å². The highest BCUT2D eigenvalue weighted by Crippen LogP contribution is 2.37. The summed E-state index contributed by atoms with van der Waals surface area (Å²) in [7, 11) is -4.16. The van der Waals surface area contributed by atoms with Crippen LogP contribution in [0, 0.1) is 12.7 Å². The highest BCUT2D eigenvalue weighted by atomic mass is 32.2. The molecule has 1 aliphatic rings. The van der Waals surface area contributed by atoms with Gasteiger partial charge in [-0.2, -0.15) is 9.40 Å². The van der Waals surface area contributed by atoms with Crippen LogP contribution in [0.25, 0.3) is 0 Å². The van der Waals surface area contributed by atoms with Gasteiger partial charge in [0.2, 0.25) is 15.9 Å². The highest BCUT2D eigenvalue weighted by molar-refractivity contribution is 7.89. The number of carbonyl (C=O) groups is 2. The van der Waals surface area contributed by atoms with Gasteiger partial charge < -0.3 is 19.9 Å². The summed E-state index contributed by atoms with van der Waals surface area (Å²) in [6.45, 7) is 7.53. The molecule has 0 saturated carbocycles. The van der Waals surface area contributed by atoms with E-state index in [9.17, 15) is 27.5 Å². The number of anilines is 1. The van der Waals surface area contributed by atoms with E-state index in [0.717, 1.165) is 6.07 Å². The summed E-state index contributed by atoms with van der Waals surface area (Å²) in [4.78, 5) is 24.2. The van der Waals surface area contributed by atoms with Gasteiger partial charge in [-0.25, -0.2) is 22.3 Å². The average molecular weight is 561 g/mol. The maximum atomic E-state index is 14.1. The number of carboxylic acid groups (broad SMARTS) is 1. The lowest BCUT2D eigenvalue weighted by Crippen LogP contribution is -2.40. The van der Waals surface area contributed by atoms with E-state index in [0.29, 0.717) is 0 Å². The molecule has 11 nitrogen and oxygen atoms in total. The van der Waals surface area contributed by atoms with Crippen molar-refractivity contribution >= 4 is 27.6 Å². The lowest BCUT2D eigenvalue weighted by Gasteiger charge is -2.27. The van der Waals surface area contributed by atoms with E-state index in [1.807, 2.05) is 0 Å². The third kappa shape index (κ3) is 5.79. The molecule has 2 aromatic carbocycles. The first-order valence-electron chi connectivity index (χ1n) is 12.1. The van der Waals surface area contributed by atoms with Crippen LogP contribution in [0.3, 0.4) is 0 Å². The molecule has 0 radical (unpaired) electrons. The Labute approximate surface area is 225 Å². The van der Waals surface area contributed by atoms with Crippen LogP contribution in [0.5, 0.6) is 11.6 Å². The third-order valence-electron chi connectivity index (χ3n) is 6.02. The fraction of sp³-hybridized carbons (Fsp3) is 0.346. The van der Waals surface area contributed by atoms with Crippen molar-refractivity contribution in [1.29, 1.82) is 0 Å². The molecule has 13 heteroatoms. The number of nitrogens with one attached hydrogen (secondary N) is 1. The quantitative estimate of drug-likeness (QED) is 0.444. The van der Waals surface area contributed by atoms with Crippen molar-refractivity contribution in [2.24, 2.45) is 0 Å². The zero-order valence-electron chi connectivity index (χ0n) is 21.9. The number of rotatable bonds is 7. The molecule has 0 aliphatic carbocycles. The normalized spacial score (nSPS) is 14.7. The molecular formula is C26H29FN4O7S. The van der Waals surface area contributed by atoms with E-state index in [2.05, 4.69) is 10.4 Å². The summed E-state index contributed by atoms with van der Waals surface area (Å²) in [5, 5.41) is 16.3. The Balaban J connectivity index is 1.81. The molecule has 1 amide bonds. The second kappa shape index (κ2) is 10.8. The molecule has 39 heavy (non-hydrogen) atoms. The monoisotopic (exact) mass is 560 g/mol. The van der Waals surface area contributed by atoms with Crippen molar-refractivity contribution < 1.29 is 37.0 Å². The number of hydrogen-bond acceptors (Lipinski definition) is 7. The van der Waals surface area contributed by atoms with Crippen molar-refractivity contribution in [3.63, 3.8) is 0 Å². The molecule has 3 aromatic rings. The lowest BCUT2D eigenvalue weighted by atomic mass is 10.1. The number of aromatic nitrogens is 2. The summed E-state index contributed by atoms with van der Waals surface area (Å²) in [5.74, 6) is -2.79. The molecule has 1 saturated heterocycles. The SMILES string of the molecule is Cc1c(C(=O)O)nn(C(C)(C)C)c1Oc1ccc(NC(=O)c2ccccc2F)cc1S(=O)(=O)N1CCOCC1. The second-order valence-corrected chi connectivity index (χ2v) is 11.8. The fourth-order valence-electron chi connectivity index (χ4n) is 4.00. The number of benzene rings is 2. The molecule has 0 spiro atoms. The van der Waals surface area contributed by atoms with Crippen LogP contribution in [0.2, 0.25) is 0 Å². The van der Waals surface area contributed by atoms with E-state index in [1.165, 1.54) is 52.3 Å². The average Bonchev–Trinajstić information content (AvgIpc) is 3.22. The first-order chi connectivity index (χ1) is 18.3. The maximum absolute atomic E-state index is 14.1. The smallest absolute Gasteiger partial charge is 0.356 e. The first kappa shape index (κ1) is 28.2. The van der Waals surface area contributed by atoms with Crippen molar-refractivity contribution in [2.45, 2.75) is 38.1 Å². The van der Waals surface area contributed by atoms with Crippen molar-refractivity contribution in [2.75, 3.05) is 31.6 Å². The molecule has 2 heterocycles. The number of carbonyl (C=O) groups excluding carboxylic acids is 1. The number of nitrogens with zero attached hydrogens (tertiary/aromatic N) is 3. The largest absolute Gasteiger partial charge is 0.476 e. The Morgan fingerprint density at radius 3 is 2.41 bits per heavy atom. The van der Waals surface area contributed by atoms with Crippen molar-refractivity contribution in [3.05, 3.63) is 65.1 Å². The van der Waals surface area contributed by atoms with Crippen LogP contribution in [0.1, 0.15) is 47.2 Å². The number of carboxylic acids is 1. The molecule has 1 aromatic heterocycles. The molecular weight excluding hydrogens is 531 g/mol. The summed E-state index contributed by atoms with van der Waals surface area (Å²) in [6.07, 6.45) is 0. The van der Waals surface area contributed by atoms with Crippen LogP contribution in [-0.2, 0) is 20.3 Å². The van der Waals surface area contributed by atoms with Gasteiger partial charge in [0.15, 0.2) is 5.69 Å². The van der Waals surface area contributed by atoms with Gasteiger partial charge >= 0.3 is 5.97 Å². The molecule has 208 valence electrons.